The molecule has 2 aromatic rings. The molecule has 0 saturated carbocycles. The van der Waals surface area contributed by atoms with Crippen LogP contribution in [0.3, 0.4) is 0 Å². The van der Waals surface area contributed by atoms with Gasteiger partial charge in [-0.1, -0.05) is 60.7 Å². The van der Waals surface area contributed by atoms with E-state index in [1.165, 1.54) is 0 Å². The van der Waals surface area contributed by atoms with E-state index < -0.39 is 12.2 Å². The first-order valence-electron chi connectivity index (χ1n) is 6.95. The van der Waals surface area contributed by atoms with Crippen molar-refractivity contribution >= 4 is 11.9 Å². The largest absolute Gasteiger partial charge is 0.448 e. The van der Waals surface area contributed by atoms with Gasteiger partial charge in [-0.05, 0) is 12.5 Å². The van der Waals surface area contributed by atoms with Crippen LogP contribution in [0.5, 0.6) is 0 Å². The Labute approximate surface area is 128 Å². The van der Waals surface area contributed by atoms with Gasteiger partial charge >= 0.3 is 6.09 Å². The summed E-state index contributed by atoms with van der Waals surface area (Å²) in [4.78, 5) is 29.3. The van der Waals surface area contributed by atoms with Crippen LogP contribution < -0.4 is 5.48 Å². The molecule has 1 amide bonds. The van der Waals surface area contributed by atoms with Crippen molar-refractivity contribution in [1.82, 2.24) is 5.48 Å². The van der Waals surface area contributed by atoms with E-state index in [0.717, 1.165) is 0 Å². The minimum Gasteiger partial charge on any atom is -0.448 e. The number of hydroxylamine groups is 1. The molecule has 0 aromatic heterocycles. The van der Waals surface area contributed by atoms with Crippen molar-refractivity contribution in [2.24, 2.45) is 0 Å². The summed E-state index contributed by atoms with van der Waals surface area (Å²) in [5.74, 6) is -0.247. The van der Waals surface area contributed by atoms with Gasteiger partial charge in [0.25, 0.3) is 0 Å². The van der Waals surface area contributed by atoms with Gasteiger partial charge in [0.15, 0.2) is 11.9 Å². The average molecular weight is 299 g/mol. The molecule has 0 radical (unpaired) electrons. The predicted octanol–water partition coefficient (Wildman–Crippen LogP) is 3.29. The first kappa shape index (κ1) is 15.7. The summed E-state index contributed by atoms with van der Waals surface area (Å²) in [7, 11) is 0. The number of rotatable bonds is 6. The van der Waals surface area contributed by atoms with Crippen molar-refractivity contribution in [1.29, 1.82) is 0 Å². The van der Waals surface area contributed by atoms with Crippen LogP contribution in [0.1, 0.15) is 28.9 Å². The number of hydrogen-bond acceptors (Lipinski definition) is 4. The summed E-state index contributed by atoms with van der Waals surface area (Å²) in [6.07, 6.45) is -1.67. The Balaban J connectivity index is 2.19. The van der Waals surface area contributed by atoms with E-state index in [9.17, 15) is 9.59 Å². The number of carbonyl (C=O) groups excluding carboxylic acids is 2. The lowest BCUT2D eigenvalue weighted by atomic mass is 10.0. The van der Waals surface area contributed by atoms with Crippen LogP contribution in [0.2, 0.25) is 0 Å². The second kappa shape index (κ2) is 7.95. The number of benzene rings is 2. The molecule has 0 heterocycles. The van der Waals surface area contributed by atoms with Crippen molar-refractivity contribution in [2.75, 3.05) is 6.61 Å². The van der Waals surface area contributed by atoms with Crippen LogP contribution in [0.15, 0.2) is 60.7 Å². The van der Waals surface area contributed by atoms with Crippen LogP contribution in [0.4, 0.5) is 4.79 Å². The molecule has 0 spiro atoms. The number of nitrogens with one attached hydrogen (secondary N) is 1. The lowest BCUT2D eigenvalue weighted by Crippen LogP contribution is -2.30. The molecule has 0 saturated heterocycles. The van der Waals surface area contributed by atoms with Gasteiger partial charge in [-0.3, -0.25) is 9.63 Å². The number of hydrogen-bond donors (Lipinski definition) is 1. The van der Waals surface area contributed by atoms with Gasteiger partial charge in [-0.2, -0.15) is 5.48 Å². The third-order valence-corrected chi connectivity index (χ3v) is 2.93. The molecule has 0 aliphatic heterocycles. The van der Waals surface area contributed by atoms with Crippen molar-refractivity contribution in [3.05, 3.63) is 71.8 Å². The Hall–Kier alpha value is -2.66. The summed E-state index contributed by atoms with van der Waals surface area (Å²) in [6, 6.07) is 17.7. The van der Waals surface area contributed by atoms with Crippen LogP contribution >= 0.6 is 0 Å². The monoisotopic (exact) mass is 299 g/mol. The Morgan fingerprint density at radius 1 is 1.00 bits per heavy atom. The second-order valence-corrected chi connectivity index (χ2v) is 4.46. The summed E-state index contributed by atoms with van der Waals surface area (Å²) in [5, 5.41) is 0. The smallest absolute Gasteiger partial charge is 0.431 e. The molecule has 1 N–H and O–H groups in total. The maximum absolute atomic E-state index is 12.6. The first-order valence-corrected chi connectivity index (χ1v) is 6.95. The normalized spacial score (nSPS) is 11.5. The van der Waals surface area contributed by atoms with Crippen molar-refractivity contribution in [3.63, 3.8) is 0 Å². The van der Waals surface area contributed by atoms with Gasteiger partial charge in [-0.25, -0.2) is 4.79 Å². The molecule has 5 heteroatoms. The van der Waals surface area contributed by atoms with E-state index in [0.29, 0.717) is 11.1 Å². The molecule has 2 aromatic carbocycles. The van der Waals surface area contributed by atoms with E-state index in [4.69, 9.17) is 9.57 Å². The second-order valence-electron chi connectivity index (χ2n) is 4.46. The zero-order valence-electron chi connectivity index (χ0n) is 12.2. The molecular formula is C17H17NO4. The van der Waals surface area contributed by atoms with Crippen molar-refractivity contribution in [3.8, 4) is 0 Å². The van der Waals surface area contributed by atoms with Gasteiger partial charge in [-0.15, -0.1) is 0 Å². The fraction of sp³-hybridized carbons (Fsp3) is 0.176. The third-order valence-electron chi connectivity index (χ3n) is 2.93. The molecule has 114 valence electrons. The maximum Gasteiger partial charge on any atom is 0.431 e. The molecular weight excluding hydrogens is 282 g/mol. The number of ketones is 1. The highest BCUT2D eigenvalue weighted by Gasteiger charge is 2.24. The van der Waals surface area contributed by atoms with E-state index in [-0.39, 0.29) is 12.4 Å². The lowest BCUT2D eigenvalue weighted by Gasteiger charge is -2.17. The standard InChI is InChI=1S/C17H17NO4/c1-2-21-17(20)18-22-16(14-11-7-4-8-12-14)15(19)13-9-5-3-6-10-13/h3-12,16H,2H2,1H3,(H,18,20). The van der Waals surface area contributed by atoms with Gasteiger partial charge in [0.2, 0.25) is 0 Å². The van der Waals surface area contributed by atoms with Crippen LogP contribution in [0, 0.1) is 0 Å². The zero-order valence-corrected chi connectivity index (χ0v) is 12.2. The van der Waals surface area contributed by atoms with Crippen molar-refractivity contribution < 1.29 is 19.2 Å². The molecule has 0 aliphatic carbocycles. The quantitative estimate of drug-likeness (QED) is 0.656. The number of Topliss-reactive ketones (excluding diaryl/α,β-unsaturated/α-hetero) is 1. The average Bonchev–Trinajstić information content (AvgIpc) is 2.57. The lowest BCUT2D eigenvalue weighted by molar-refractivity contribution is -0.0140. The topological polar surface area (TPSA) is 64.6 Å². The van der Waals surface area contributed by atoms with Gasteiger partial charge in [0.05, 0.1) is 6.61 Å². The zero-order chi connectivity index (χ0) is 15.8. The first-order chi connectivity index (χ1) is 10.7. The molecule has 0 aliphatic rings. The molecule has 0 bridgehead atoms. The molecule has 22 heavy (non-hydrogen) atoms. The van der Waals surface area contributed by atoms with Gasteiger partial charge < -0.3 is 4.74 Å². The summed E-state index contributed by atoms with van der Waals surface area (Å²) in [6.45, 7) is 1.90. The maximum atomic E-state index is 12.6. The molecule has 1 unspecified atom stereocenters. The van der Waals surface area contributed by atoms with Crippen LogP contribution in [0.25, 0.3) is 0 Å². The molecule has 2 rings (SSSR count). The van der Waals surface area contributed by atoms with Gasteiger partial charge in [0.1, 0.15) is 0 Å². The fourth-order valence-corrected chi connectivity index (χ4v) is 1.92. The Bertz CT molecular complexity index is 613. The van der Waals surface area contributed by atoms with Crippen LogP contribution in [-0.2, 0) is 9.57 Å². The Morgan fingerprint density at radius 2 is 1.59 bits per heavy atom. The number of amides is 1. The Morgan fingerprint density at radius 3 is 2.18 bits per heavy atom. The van der Waals surface area contributed by atoms with E-state index in [1.54, 1.807) is 55.5 Å². The predicted molar refractivity (Wildman–Crippen MR) is 81.2 cm³/mol. The molecule has 1 atom stereocenters. The summed E-state index contributed by atoms with van der Waals surface area (Å²) >= 11 is 0. The van der Waals surface area contributed by atoms with Crippen molar-refractivity contribution in [2.45, 2.75) is 13.0 Å². The van der Waals surface area contributed by atoms with Crippen LogP contribution in [-0.4, -0.2) is 18.5 Å². The number of carbonyl (C=O) groups is 2. The molecule has 5 nitrogen and oxygen atoms in total. The SMILES string of the molecule is CCOC(=O)NOC(C(=O)c1ccccc1)c1ccccc1. The number of ether oxygens (including phenoxy) is 1. The summed E-state index contributed by atoms with van der Waals surface area (Å²) < 4.78 is 4.73. The van der Waals surface area contributed by atoms with E-state index in [2.05, 4.69) is 5.48 Å². The van der Waals surface area contributed by atoms with E-state index in [1.807, 2.05) is 12.1 Å². The van der Waals surface area contributed by atoms with Gasteiger partial charge in [0, 0.05) is 5.56 Å². The minimum atomic E-state index is -0.937. The third kappa shape index (κ3) is 4.17. The Kier molecular flexibility index (Phi) is 5.68. The van der Waals surface area contributed by atoms with E-state index >= 15 is 0 Å². The highest BCUT2D eigenvalue weighted by Crippen LogP contribution is 2.21. The molecule has 0 fully saturated rings. The summed E-state index contributed by atoms with van der Waals surface area (Å²) in [5.41, 5.74) is 3.30. The fourth-order valence-electron chi connectivity index (χ4n) is 1.92. The minimum absolute atomic E-state index is 0.220. The highest BCUT2D eigenvalue weighted by atomic mass is 16.7. The highest BCUT2D eigenvalue weighted by molar-refractivity contribution is 6.00.